The Balaban J connectivity index is 1.17. The lowest BCUT2D eigenvalue weighted by Crippen LogP contribution is -2.53. The number of nitrogens with one attached hydrogen (secondary N) is 1. The van der Waals surface area contributed by atoms with Gasteiger partial charge in [-0.15, -0.1) is 4.59 Å². The van der Waals surface area contributed by atoms with Crippen LogP contribution in [0.2, 0.25) is 0 Å². The number of aliphatic imine (C=N–C) groups is 2. The first kappa shape index (κ1) is 21.8. The van der Waals surface area contributed by atoms with E-state index in [4.69, 9.17) is 10.8 Å². The fraction of sp³-hybridized carbons (Fsp3) is 0.172. The van der Waals surface area contributed by atoms with Gasteiger partial charge in [0, 0.05) is 41.5 Å². The number of fused-ring (bicyclic) bond motifs is 3. The number of nitrogens with zero attached hydrogens (tertiary/aromatic N) is 5. The molecule has 2 aromatic carbocycles. The Morgan fingerprint density at radius 2 is 1.81 bits per heavy atom. The second kappa shape index (κ2) is 8.33. The number of pyridine rings is 1. The predicted octanol–water partition coefficient (Wildman–Crippen LogP) is 4.49. The lowest BCUT2D eigenvalue weighted by Gasteiger charge is -2.32. The maximum Gasteiger partial charge on any atom is 0.281 e. The molecule has 5 heterocycles. The fourth-order valence-electron chi connectivity index (χ4n) is 5.68. The summed E-state index contributed by atoms with van der Waals surface area (Å²) in [6, 6.07) is 20.1. The van der Waals surface area contributed by atoms with Gasteiger partial charge in [0.2, 0.25) is 5.70 Å². The fourth-order valence-corrected chi connectivity index (χ4v) is 5.68. The molecule has 3 aliphatic heterocycles. The van der Waals surface area contributed by atoms with Gasteiger partial charge in [-0.05, 0) is 36.4 Å². The van der Waals surface area contributed by atoms with Gasteiger partial charge >= 0.3 is 0 Å². The Morgan fingerprint density at radius 3 is 2.65 bits per heavy atom. The molecule has 2 aromatic heterocycles. The summed E-state index contributed by atoms with van der Waals surface area (Å²) in [5.41, 5.74) is 4.30. The second-order valence-electron chi connectivity index (χ2n) is 9.78. The number of para-hydroxylation sites is 1. The van der Waals surface area contributed by atoms with E-state index in [0.717, 1.165) is 57.4 Å². The van der Waals surface area contributed by atoms with Gasteiger partial charge in [0.1, 0.15) is 23.3 Å². The normalized spacial score (nSPS) is 21.6. The van der Waals surface area contributed by atoms with Gasteiger partial charge in [-0.2, -0.15) is 10.8 Å². The molecule has 0 radical (unpaired) electrons. The summed E-state index contributed by atoms with van der Waals surface area (Å²) >= 11 is 0. The third-order valence-electron chi connectivity index (χ3n) is 7.64. The average molecular weight is 489 g/mol. The number of aromatic amines is 1. The molecule has 0 bridgehead atoms. The second-order valence-corrected chi connectivity index (χ2v) is 9.78. The van der Waals surface area contributed by atoms with Crippen LogP contribution in [0.4, 0.5) is 0 Å². The first-order chi connectivity index (χ1) is 18.1. The van der Waals surface area contributed by atoms with Gasteiger partial charge < -0.3 is 9.88 Å². The molecule has 37 heavy (non-hydrogen) atoms. The number of allylic oxidation sites excluding steroid dienone is 2. The van der Waals surface area contributed by atoms with E-state index >= 15 is 0 Å². The molecule has 0 spiro atoms. The molecule has 1 unspecified atom stereocenters. The topological polar surface area (TPSA) is 99.7 Å². The molecule has 3 aliphatic rings. The first-order valence-corrected chi connectivity index (χ1v) is 12.6. The highest BCUT2D eigenvalue weighted by atomic mass is 16.2. The minimum atomic E-state index is -0.0206. The number of rotatable bonds is 3. The van der Waals surface area contributed by atoms with Crippen molar-refractivity contribution in [2.45, 2.75) is 12.8 Å². The Kier molecular flexibility index (Phi) is 4.92. The number of nitrogens with two attached hydrogens (primary N) is 1. The summed E-state index contributed by atoms with van der Waals surface area (Å²) in [5, 5.41) is 3.03. The van der Waals surface area contributed by atoms with Crippen LogP contribution in [0.3, 0.4) is 0 Å². The molecular weight excluding hydrogens is 462 g/mol. The van der Waals surface area contributed by atoms with Gasteiger partial charge in [-0.25, -0.2) is 0 Å². The molecule has 0 saturated carbocycles. The van der Waals surface area contributed by atoms with Crippen LogP contribution in [0.15, 0.2) is 101 Å². The van der Waals surface area contributed by atoms with Crippen molar-refractivity contribution in [2.75, 3.05) is 13.1 Å². The quantitative estimate of drug-likeness (QED) is 0.328. The molecule has 1 fully saturated rings. The molecule has 7 rings (SSSR count). The van der Waals surface area contributed by atoms with E-state index in [-0.39, 0.29) is 16.4 Å². The average Bonchev–Trinajstić information content (AvgIpc) is 3.51. The van der Waals surface area contributed by atoms with Crippen molar-refractivity contribution < 1.29 is 9.39 Å². The van der Waals surface area contributed by atoms with E-state index in [1.54, 1.807) is 12.4 Å². The van der Waals surface area contributed by atoms with E-state index in [1.165, 1.54) is 0 Å². The molecule has 1 atom stereocenters. The number of carbonyl (C=O) groups excluding carboxylic acids is 1. The molecule has 8 heteroatoms. The van der Waals surface area contributed by atoms with E-state index in [2.05, 4.69) is 33.2 Å². The first-order valence-electron chi connectivity index (χ1n) is 12.6. The lowest BCUT2D eigenvalue weighted by atomic mass is 9.92. The number of aromatic nitrogens is 2. The monoisotopic (exact) mass is 488 g/mol. The highest BCUT2D eigenvalue weighted by Crippen LogP contribution is 2.38. The molecule has 8 nitrogen and oxygen atoms in total. The van der Waals surface area contributed by atoms with E-state index in [1.807, 2.05) is 59.8 Å². The largest absolute Gasteiger partial charge is 0.349 e. The van der Waals surface area contributed by atoms with Crippen LogP contribution in [0.25, 0.3) is 21.7 Å². The summed E-state index contributed by atoms with van der Waals surface area (Å²) < 4.78 is -0.00920. The van der Waals surface area contributed by atoms with E-state index in [9.17, 15) is 4.79 Å². The van der Waals surface area contributed by atoms with Crippen molar-refractivity contribution >= 4 is 39.6 Å². The number of hydrogen-bond donors (Lipinski definition) is 2. The van der Waals surface area contributed by atoms with E-state index < -0.39 is 0 Å². The van der Waals surface area contributed by atoms with Crippen LogP contribution in [-0.4, -0.2) is 50.5 Å². The summed E-state index contributed by atoms with van der Waals surface area (Å²) in [6.45, 7) is 1.28. The highest BCUT2D eigenvalue weighted by Gasteiger charge is 2.47. The number of piperidine rings is 1. The Labute approximate surface area is 213 Å². The van der Waals surface area contributed by atoms with Crippen LogP contribution in [0, 0.1) is 5.92 Å². The third kappa shape index (κ3) is 3.45. The smallest absolute Gasteiger partial charge is 0.281 e. The van der Waals surface area contributed by atoms with Crippen molar-refractivity contribution in [1.29, 1.82) is 0 Å². The van der Waals surface area contributed by atoms with Crippen molar-refractivity contribution in [3.8, 4) is 0 Å². The molecule has 0 aliphatic carbocycles. The van der Waals surface area contributed by atoms with Crippen molar-refractivity contribution in [1.82, 2.24) is 14.9 Å². The molecule has 4 aromatic rings. The Hall–Kier alpha value is -4.40. The van der Waals surface area contributed by atoms with Gasteiger partial charge in [-0.3, -0.25) is 14.8 Å². The Bertz CT molecular complexity index is 1650. The van der Waals surface area contributed by atoms with Gasteiger partial charge in [0.05, 0.1) is 12.4 Å². The number of likely N-dealkylation sites (tertiary alicyclic amines) is 1. The number of hydrogen-bond acceptors (Lipinski definition) is 5. The number of benzene rings is 2. The van der Waals surface area contributed by atoms with Crippen molar-refractivity contribution in [2.24, 2.45) is 21.7 Å². The maximum atomic E-state index is 13.4. The standard InChI is InChI=1S/C29H26N7O/c30-36-16-13-31-18-25(36)26(34-28(36)24-17-21-6-2-4-8-23(21)33-24)20-10-14-35(15-11-20)29(37)27-22-7-3-1-5-19(22)9-12-32-27/h1-9,12-13,16-18,20,33H,10-11,14-15,30H2/q+1. The number of amides is 1. The van der Waals surface area contributed by atoms with Gasteiger partial charge in [-0.1, -0.05) is 42.5 Å². The summed E-state index contributed by atoms with van der Waals surface area (Å²) in [4.78, 5) is 32.7. The van der Waals surface area contributed by atoms with E-state index in [0.29, 0.717) is 18.8 Å². The minimum absolute atomic E-state index is 0.00920. The van der Waals surface area contributed by atoms with Crippen LogP contribution in [0.1, 0.15) is 29.0 Å². The zero-order chi connectivity index (χ0) is 25.0. The van der Waals surface area contributed by atoms with Crippen LogP contribution in [-0.2, 0) is 0 Å². The van der Waals surface area contributed by atoms with Crippen LogP contribution in [0.5, 0.6) is 0 Å². The number of amidine groups is 1. The summed E-state index contributed by atoms with van der Waals surface area (Å²) in [5.74, 6) is 7.85. The Morgan fingerprint density at radius 1 is 1.03 bits per heavy atom. The highest BCUT2D eigenvalue weighted by molar-refractivity contribution is 6.05. The molecule has 182 valence electrons. The molecular formula is C29H26N7O+. The number of H-pyrrole nitrogens is 1. The van der Waals surface area contributed by atoms with Crippen molar-refractivity contribution in [3.05, 3.63) is 102 Å². The summed E-state index contributed by atoms with van der Waals surface area (Å²) in [6.07, 6.45) is 8.74. The lowest BCUT2D eigenvalue weighted by molar-refractivity contribution is -0.750. The third-order valence-corrected chi connectivity index (χ3v) is 7.64. The van der Waals surface area contributed by atoms with Crippen LogP contribution >= 0.6 is 0 Å². The van der Waals surface area contributed by atoms with Gasteiger partial charge in [0.25, 0.3) is 11.7 Å². The minimum Gasteiger partial charge on any atom is -0.349 e. The van der Waals surface area contributed by atoms with Crippen molar-refractivity contribution in [3.63, 3.8) is 0 Å². The zero-order valence-corrected chi connectivity index (χ0v) is 20.2. The van der Waals surface area contributed by atoms with Crippen LogP contribution < -0.4 is 5.84 Å². The van der Waals surface area contributed by atoms with Gasteiger partial charge in [0.15, 0.2) is 0 Å². The SMILES string of the molecule is N[N+]12C=CN=CC1=C(C1CCN(C(=O)c3nccc4ccccc34)CC1)N=C2c1cc2ccccc2[nH]1. The number of carbonyl (C=O) groups is 1. The number of quaternary nitrogens is 1. The molecule has 1 saturated heterocycles. The zero-order valence-electron chi connectivity index (χ0n) is 20.2. The molecule has 1 amide bonds. The molecule has 3 N–H and O–H groups in total. The predicted molar refractivity (Wildman–Crippen MR) is 144 cm³/mol. The maximum absolute atomic E-state index is 13.4. The summed E-state index contributed by atoms with van der Waals surface area (Å²) in [7, 11) is 0.